The van der Waals surface area contributed by atoms with Crippen molar-refractivity contribution in [1.29, 1.82) is 0 Å². The quantitative estimate of drug-likeness (QED) is 0.498. The van der Waals surface area contributed by atoms with Gasteiger partial charge in [-0.15, -0.1) is 0 Å². The van der Waals surface area contributed by atoms with Crippen LogP contribution in [0.1, 0.15) is 17.5 Å². The highest BCUT2D eigenvalue weighted by molar-refractivity contribution is 6.01. The summed E-state index contributed by atoms with van der Waals surface area (Å²) in [6, 6.07) is 7.84. The van der Waals surface area contributed by atoms with E-state index in [2.05, 4.69) is 15.3 Å². The molecule has 5 nitrogen and oxygen atoms in total. The van der Waals surface area contributed by atoms with Gasteiger partial charge < -0.3 is 0 Å². The number of pyridine rings is 2. The second-order valence-electron chi connectivity index (χ2n) is 7.02. The number of urea groups is 1. The van der Waals surface area contributed by atoms with Gasteiger partial charge in [0.2, 0.25) is 0 Å². The summed E-state index contributed by atoms with van der Waals surface area (Å²) in [4.78, 5) is 21.3. The first kappa shape index (κ1) is 21.6. The highest BCUT2D eigenvalue weighted by atomic mass is 19.4. The first-order chi connectivity index (χ1) is 15.1. The molecular formula is C21H14F6N4O. The van der Waals surface area contributed by atoms with Crippen molar-refractivity contribution >= 4 is 17.7 Å². The maximum Gasteiger partial charge on any atom is 0.416 e. The average molecular weight is 452 g/mol. The second-order valence-corrected chi connectivity index (χ2v) is 7.02. The number of nitrogens with one attached hydrogen (secondary N) is 1. The molecule has 3 aromatic rings. The first-order valence-corrected chi connectivity index (χ1v) is 9.32. The lowest BCUT2D eigenvalue weighted by molar-refractivity contribution is -0.137. The number of fused-ring (bicyclic) bond motifs is 1. The van der Waals surface area contributed by atoms with Gasteiger partial charge in [-0.3, -0.25) is 10.2 Å². The maximum absolute atomic E-state index is 14.5. The summed E-state index contributed by atoms with van der Waals surface area (Å²) in [5.41, 5.74) is -1.49. The minimum absolute atomic E-state index is 0.0330. The predicted octanol–water partition coefficient (Wildman–Crippen LogP) is 5.84. The van der Waals surface area contributed by atoms with Gasteiger partial charge in [-0.25, -0.2) is 27.9 Å². The van der Waals surface area contributed by atoms with Crippen molar-refractivity contribution in [2.75, 3.05) is 16.8 Å². The number of rotatable bonds is 2. The molecule has 0 bridgehead atoms. The first-order valence-electron chi connectivity index (χ1n) is 9.32. The zero-order chi connectivity index (χ0) is 23.1. The maximum atomic E-state index is 14.5. The van der Waals surface area contributed by atoms with Crippen LogP contribution in [0.25, 0.3) is 11.3 Å². The molecule has 2 amide bonds. The number of hydrogen-bond acceptors (Lipinski definition) is 3. The fourth-order valence-corrected chi connectivity index (χ4v) is 3.29. The lowest BCUT2D eigenvalue weighted by atomic mass is 9.99. The molecule has 2 aromatic heterocycles. The van der Waals surface area contributed by atoms with Gasteiger partial charge in [0.15, 0.2) is 11.6 Å². The van der Waals surface area contributed by atoms with Gasteiger partial charge in [0, 0.05) is 24.7 Å². The number of benzene rings is 1. The summed E-state index contributed by atoms with van der Waals surface area (Å²) in [7, 11) is 0. The van der Waals surface area contributed by atoms with Crippen LogP contribution >= 0.6 is 0 Å². The Balaban J connectivity index is 1.74. The van der Waals surface area contributed by atoms with E-state index in [9.17, 15) is 31.1 Å². The number of halogens is 6. The molecule has 1 aromatic carbocycles. The Labute approximate surface area is 177 Å². The van der Waals surface area contributed by atoms with Gasteiger partial charge in [0.25, 0.3) is 5.92 Å². The van der Waals surface area contributed by atoms with Crippen LogP contribution in [-0.2, 0) is 12.1 Å². The van der Waals surface area contributed by atoms with E-state index in [0.29, 0.717) is 0 Å². The summed E-state index contributed by atoms with van der Waals surface area (Å²) < 4.78 is 81.9. The fourth-order valence-electron chi connectivity index (χ4n) is 3.29. The van der Waals surface area contributed by atoms with Gasteiger partial charge in [-0.05, 0) is 36.4 Å². The van der Waals surface area contributed by atoms with E-state index in [-0.39, 0.29) is 11.3 Å². The summed E-state index contributed by atoms with van der Waals surface area (Å²) in [5.74, 6) is -4.95. The molecule has 4 rings (SSSR count). The van der Waals surface area contributed by atoms with Gasteiger partial charge >= 0.3 is 12.2 Å². The summed E-state index contributed by atoms with van der Waals surface area (Å²) in [6.45, 7) is -0.445. The third-order valence-electron chi connectivity index (χ3n) is 4.89. The third kappa shape index (κ3) is 4.10. The Morgan fingerprint density at radius 1 is 1.09 bits per heavy atom. The SMILES string of the molecule is O=C(Nc1ncccc1F)N1CCC(F)(F)c2ccc(-c3cccc(C(F)(F)F)c3)nc21. The molecule has 0 saturated heterocycles. The van der Waals surface area contributed by atoms with Crippen molar-refractivity contribution in [3.05, 3.63) is 71.7 Å². The molecule has 0 saturated carbocycles. The van der Waals surface area contributed by atoms with Crippen LogP contribution in [0.4, 0.5) is 42.8 Å². The normalized spacial score (nSPS) is 15.2. The van der Waals surface area contributed by atoms with Crippen molar-refractivity contribution in [3.8, 4) is 11.3 Å². The predicted molar refractivity (Wildman–Crippen MR) is 104 cm³/mol. The van der Waals surface area contributed by atoms with Crippen LogP contribution in [0.15, 0.2) is 54.7 Å². The van der Waals surface area contributed by atoms with Crippen molar-refractivity contribution in [1.82, 2.24) is 9.97 Å². The zero-order valence-electron chi connectivity index (χ0n) is 16.1. The molecule has 0 fully saturated rings. The van der Waals surface area contributed by atoms with Crippen LogP contribution in [-0.4, -0.2) is 22.5 Å². The van der Waals surface area contributed by atoms with Crippen LogP contribution in [0.5, 0.6) is 0 Å². The Bertz CT molecular complexity index is 1180. The number of anilines is 2. The molecule has 11 heteroatoms. The lowest BCUT2D eigenvalue weighted by Crippen LogP contribution is -2.43. The lowest BCUT2D eigenvalue weighted by Gasteiger charge is -2.33. The fraction of sp³-hybridized carbons (Fsp3) is 0.190. The van der Waals surface area contributed by atoms with Crippen LogP contribution in [0, 0.1) is 5.82 Å². The molecule has 0 spiro atoms. The number of nitrogens with zero attached hydrogens (tertiary/aromatic N) is 3. The Hall–Kier alpha value is -3.63. The Morgan fingerprint density at radius 2 is 1.88 bits per heavy atom. The summed E-state index contributed by atoms with van der Waals surface area (Å²) >= 11 is 0. The van der Waals surface area contributed by atoms with E-state index in [1.807, 2.05) is 0 Å². The van der Waals surface area contributed by atoms with Crippen molar-refractivity contribution in [3.63, 3.8) is 0 Å². The molecule has 0 unspecified atom stereocenters. The molecule has 3 heterocycles. The van der Waals surface area contributed by atoms with Gasteiger partial charge in [-0.2, -0.15) is 13.2 Å². The Morgan fingerprint density at radius 3 is 2.59 bits per heavy atom. The number of hydrogen-bond donors (Lipinski definition) is 1. The minimum Gasteiger partial charge on any atom is -0.289 e. The van der Waals surface area contributed by atoms with Gasteiger partial charge in [0.05, 0.1) is 16.8 Å². The number of carbonyl (C=O) groups excluding carboxylic acids is 1. The van der Waals surface area contributed by atoms with E-state index in [1.54, 1.807) is 0 Å². The molecule has 0 aliphatic carbocycles. The largest absolute Gasteiger partial charge is 0.416 e. The zero-order valence-corrected chi connectivity index (χ0v) is 16.1. The van der Waals surface area contributed by atoms with Crippen molar-refractivity contribution in [2.24, 2.45) is 0 Å². The third-order valence-corrected chi connectivity index (χ3v) is 4.89. The standard InChI is InChI=1S/C21H14F6N4O/c22-15-5-2-9-28-17(15)30-19(32)31-10-8-20(23,24)14-6-7-16(29-18(14)31)12-3-1-4-13(11-12)21(25,26)27/h1-7,9,11H,8,10H2,(H,28,30,32). The molecule has 1 N–H and O–H groups in total. The average Bonchev–Trinajstić information content (AvgIpc) is 2.74. The second kappa shape index (κ2) is 7.81. The molecule has 1 aliphatic rings. The number of aromatic nitrogens is 2. The molecular weight excluding hydrogens is 438 g/mol. The molecule has 0 radical (unpaired) electrons. The molecule has 32 heavy (non-hydrogen) atoms. The van der Waals surface area contributed by atoms with E-state index in [0.717, 1.165) is 29.2 Å². The monoisotopic (exact) mass is 452 g/mol. The van der Waals surface area contributed by atoms with E-state index >= 15 is 0 Å². The summed E-state index contributed by atoms with van der Waals surface area (Å²) in [6.07, 6.45) is -4.07. The Kier molecular flexibility index (Phi) is 5.27. The molecule has 0 atom stereocenters. The van der Waals surface area contributed by atoms with Gasteiger partial charge in [0.1, 0.15) is 5.82 Å². The number of alkyl halides is 5. The van der Waals surface area contributed by atoms with Gasteiger partial charge in [-0.1, -0.05) is 12.1 Å². The van der Waals surface area contributed by atoms with Crippen molar-refractivity contribution in [2.45, 2.75) is 18.5 Å². The minimum atomic E-state index is -4.60. The van der Waals surface area contributed by atoms with E-state index in [1.165, 1.54) is 30.5 Å². The molecule has 1 aliphatic heterocycles. The van der Waals surface area contributed by atoms with Crippen LogP contribution < -0.4 is 10.2 Å². The van der Waals surface area contributed by atoms with E-state index < -0.39 is 59.7 Å². The number of amides is 2. The number of carbonyl (C=O) groups is 1. The summed E-state index contributed by atoms with van der Waals surface area (Å²) in [5, 5.41) is 2.20. The van der Waals surface area contributed by atoms with Crippen LogP contribution in [0.2, 0.25) is 0 Å². The van der Waals surface area contributed by atoms with Crippen LogP contribution in [0.3, 0.4) is 0 Å². The highest BCUT2D eigenvalue weighted by Crippen LogP contribution is 2.43. The van der Waals surface area contributed by atoms with E-state index in [4.69, 9.17) is 0 Å². The smallest absolute Gasteiger partial charge is 0.289 e. The topological polar surface area (TPSA) is 58.1 Å². The highest BCUT2D eigenvalue weighted by Gasteiger charge is 2.42. The molecule has 166 valence electrons. The van der Waals surface area contributed by atoms with Crippen molar-refractivity contribution < 1.29 is 31.1 Å².